The summed E-state index contributed by atoms with van der Waals surface area (Å²) in [5.74, 6) is 1.36. The molecule has 4 aromatic rings. The lowest BCUT2D eigenvalue weighted by atomic mass is 10.0. The van der Waals surface area contributed by atoms with Crippen molar-refractivity contribution in [3.8, 4) is 21.7 Å². The quantitative estimate of drug-likeness (QED) is 0.323. The van der Waals surface area contributed by atoms with Crippen molar-refractivity contribution in [2.45, 2.75) is 30.9 Å². The zero-order valence-corrected chi connectivity index (χ0v) is 19.2. The van der Waals surface area contributed by atoms with Crippen LogP contribution in [0.3, 0.4) is 0 Å². The molecular formula is C23H26N2OS3. The molecule has 0 saturated carbocycles. The smallest absolute Gasteiger partial charge is 0.127 e. The third kappa shape index (κ3) is 3.77. The van der Waals surface area contributed by atoms with Crippen LogP contribution in [0.2, 0.25) is 0 Å². The molecule has 3 nitrogen and oxygen atoms in total. The number of pyridine rings is 1. The Morgan fingerprint density at radius 3 is 2.55 bits per heavy atom. The van der Waals surface area contributed by atoms with Gasteiger partial charge in [0.25, 0.3) is 0 Å². The number of rotatable bonds is 7. The van der Waals surface area contributed by atoms with Crippen LogP contribution in [0.4, 0.5) is 5.69 Å². The van der Waals surface area contributed by atoms with Gasteiger partial charge in [0.05, 0.1) is 20.5 Å². The van der Waals surface area contributed by atoms with E-state index in [1.807, 2.05) is 31.2 Å². The number of unbranched alkanes of at least 4 members (excludes halogenated alkanes) is 1. The Morgan fingerprint density at radius 2 is 1.90 bits per heavy atom. The van der Waals surface area contributed by atoms with Crippen molar-refractivity contribution >= 4 is 48.5 Å². The summed E-state index contributed by atoms with van der Waals surface area (Å²) in [7, 11) is -2.51. The van der Waals surface area contributed by atoms with Gasteiger partial charge in [-0.3, -0.25) is 4.21 Å². The number of nitrogens with zero attached hydrogens (tertiary/aromatic N) is 1. The van der Waals surface area contributed by atoms with E-state index in [9.17, 15) is 4.21 Å². The number of hydrogen-bond donors (Lipinski definition) is 2. The highest BCUT2D eigenvalue weighted by Gasteiger charge is 2.25. The van der Waals surface area contributed by atoms with Gasteiger partial charge in [0.1, 0.15) is 4.83 Å². The normalized spacial score (nSPS) is 12.5. The van der Waals surface area contributed by atoms with E-state index < -0.39 is 9.93 Å². The molecule has 2 N–H and O–H groups in total. The Labute approximate surface area is 181 Å². The van der Waals surface area contributed by atoms with E-state index in [0.29, 0.717) is 11.4 Å². The first kappa shape index (κ1) is 20.3. The maximum absolute atomic E-state index is 13.8. The van der Waals surface area contributed by atoms with Crippen LogP contribution < -0.4 is 5.73 Å². The van der Waals surface area contributed by atoms with Gasteiger partial charge in [0.2, 0.25) is 0 Å². The minimum Gasteiger partial charge on any atom is -0.397 e. The van der Waals surface area contributed by atoms with Gasteiger partial charge in [0.15, 0.2) is 0 Å². The number of nitrogen functional groups attached to an aromatic ring is 1. The van der Waals surface area contributed by atoms with Crippen molar-refractivity contribution in [3.05, 3.63) is 53.9 Å². The summed E-state index contributed by atoms with van der Waals surface area (Å²) >= 11 is 3.21. The van der Waals surface area contributed by atoms with Crippen molar-refractivity contribution in [3.63, 3.8) is 0 Å². The molecule has 3 heterocycles. The minimum atomic E-state index is -2.51. The number of hydrogen-bond acceptors (Lipinski definition) is 5. The molecule has 0 atom stereocenters. The molecule has 1 aromatic carbocycles. The van der Waals surface area contributed by atoms with E-state index in [1.54, 1.807) is 11.3 Å². The Kier molecular flexibility index (Phi) is 5.86. The summed E-state index contributed by atoms with van der Waals surface area (Å²) in [6.07, 6.45) is 1.99. The topological polar surface area (TPSA) is 56.0 Å². The lowest BCUT2D eigenvalue weighted by Gasteiger charge is -2.21. The summed E-state index contributed by atoms with van der Waals surface area (Å²) in [5.41, 5.74) is 10.5. The summed E-state index contributed by atoms with van der Waals surface area (Å²) in [4.78, 5) is 6.95. The third-order valence-electron chi connectivity index (χ3n) is 5.29. The first-order valence-corrected chi connectivity index (χ1v) is 13.8. The molecule has 0 radical (unpaired) electrons. The fourth-order valence-corrected chi connectivity index (χ4v) is 8.94. The zero-order valence-electron chi connectivity index (χ0n) is 16.7. The van der Waals surface area contributed by atoms with Crippen LogP contribution in [0.5, 0.6) is 0 Å². The van der Waals surface area contributed by atoms with Crippen molar-refractivity contribution in [2.75, 3.05) is 17.2 Å². The van der Waals surface area contributed by atoms with Gasteiger partial charge in [-0.25, -0.2) is 4.98 Å². The Morgan fingerprint density at radius 1 is 1.10 bits per heavy atom. The van der Waals surface area contributed by atoms with Gasteiger partial charge in [-0.15, -0.1) is 22.7 Å². The second kappa shape index (κ2) is 8.38. The molecule has 0 bridgehead atoms. The van der Waals surface area contributed by atoms with Crippen LogP contribution in [0.1, 0.15) is 26.7 Å². The number of aromatic nitrogens is 1. The van der Waals surface area contributed by atoms with Gasteiger partial charge in [-0.2, -0.15) is 0 Å². The number of nitrogens with two attached hydrogens (primary N) is 1. The SMILES string of the molecule is CCCC[SH](=O)(CC)c1sc2nc(-c3cccs3)cc(-c3ccccc3)c2c1N. The van der Waals surface area contributed by atoms with Crippen molar-refractivity contribution in [1.82, 2.24) is 4.98 Å². The summed E-state index contributed by atoms with van der Waals surface area (Å²) in [5, 5.41) is 3.01. The lowest BCUT2D eigenvalue weighted by Crippen LogP contribution is -2.19. The maximum atomic E-state index is 13.8. The van der Waals surface area contributed by atoms with E-state index in [1.165, 1.54) is 11.3 Å². The Hall–Kier alpha value is -2.02. The van der Waals surface area contributed by atoms with Gasteiger partial charge in [0, 0.05) is 16.9 Å². The highest BCUT2D eigenvalue weighted by molar-refractivity contribution is 8.04. The molecule has 0 fully saturated rings. The number of benzene rings is 1. The van der Waals surface area contributed by atoms with Gasteiger partial charge in [-0.1, -0.05) is 66.6 Å². The molecule has 0 unspecified atom stereocenters. The van der Waals surface area contributed by atoms with Crippen LogP contribution in [-0.2, 0) is 9.93 Å². The first-order chi connectivity index (χ1) is 14.1. The molecule has 3 aromatic heterocycles. The van der Waals surface area contributed by atoms with E-state index in [0.717, 1.165) is 54.7 Å². The van der Waals surface area contributed by atoms with E-state index in [2.05, 4.69) is 36.6 Å². The predicted molar refractivity (Wildman–Crippen MR) is 131 cm³/mol. The molecule has 6 heteroatoms. The first-order valence-electron chi connectivity index (χ1n) is 9.98. The molecule has 0 saturated heterocycles. The Bertz CT molecular complexity index is 1160. The van der Waals surface area contributed by atoms with Crippen molar-refractivity contribution in [2.24, 2.45) is 0 Å². The molecule has 0 amide bonds. The number of thiophene rings is 2. The summed E-state index contributed by atoms with van der Waals surface area (Å²) in [6, 6.07) is 16.5. The molecule has 4 rings (SSSR count). The highest BCUT2D eigenvalue weighted by atomic mass is 32.3. The fourth-order valence-electron chi connectivity index (χ4n) is 3.62. The van der Waals surface area contributed by atoms with Crippen molar-refractivity contribution in [1.29, 1.82) is 0 Å². The Balaban J connectivity index is 1.99. The average molecular weight is 443 g/mol. The molecule has 0 aliphatic carbocycles. The zero-order chi connectivity index (χ0) is 20.4. The van der Waals surface area contributed by atoms with Crippen LogP contribution >= 0.6 is 22.7 Å². The molecule has 29 heavy (non-hydrogen) atoms. The summed E-state index contributed by atoms with van der Waals surface area (Å²) < 4.78 is 14.7. The van der Waals surface area contributed by atoms with E-state index in [4.69, 9.17) is 10.7 Å². The number of anilines is 1. The van der Waals surface area contributed by atoms with Crippen LogP contribution in [0, 0.1) is 0 Å². The minimum absolute atomic E-state index is 0.641. The monoisotopic (exact) mass is 442 g/mol. The van der Waals surface area contributed by atoms with Crippen LogP contribution in [-0.4, -0.2) is 20.7 Å². The number of fused-ring (bicyclic) bond motifs is 1. The standard InChI is InChI=1S/C23H26N2OS3/c1-3-5-14-29(26,4-2)23-21(24)20-17(16-10-7-6-8-11-16)15-18(25-22(20)28-23)19-12-9-13-27-19/h6-13,15,29H,3-5,14,24H2,1-2H3. The van der Waals surface area contributed by atoms with E-state index >= 15 is 0 Å². The van der Waals surface area contributed by atoms with Crippen molar-refractivity contribution < 1.29 is 4.21 Å². The van der Waals surface area contributed by atoms with Gasteiger partial charge < -0.3 is 5.73 Å². The van der Waals surface area contributed by atoms with Crippen LogP contribution in [0.15, 0.2) is 58.1 Å². The molecule has 0 aliphatic heterocycles. The van der Waals surface area contributed by atoms with E-state index in [-0.39, 0.29) is 0 Å². The van der Waals surface area contributed by atoms with Crippen LogP contribution in [0.25, 0.3) is 31.9 Å². The predicted octanol–water partition coefficient (Wildman–Crippen LogP) is 6.47. The lowest BCUT2D eigenvalue weighted by molar-refractivity contribution is 0.668. The fraction of sp³-hybridized carbons (Fsp3) is 0.261. The summed E-state index contributed by atoms with van der Waals surface area (Å²) in [6.45, 7) is 4.15. The molecule has 152 valence electrons. The average Bonchev–Trinajstić information content (AvgIpc) is 3.41. The maximum Gasteiger partial charge on any atom is 0.127 e. The highest BCUT2D eigenvalue weighted by Crippen LogP contribution is 2.45. The third-order valence-corrected chi connectivity index (χ3v) is 11.4. The van der Waals surface area contributed by atoms with Gasteiger partial charge in [-0.05, 0) is 35.1 Å². The van der Waals surface area contributed by atoms with Gasteiger partial charge >= 0.3 is 0 Å². The second-order valence-corrected chi connectivity index (χ2v) is 12.7. The largest absolute Gasteiger partial charge is 0.397 e. The molecule has 0 spiro atoms. The molecular weight excluding hydrogens is 416 g/mol. The molecule has 0 aliphatic rings. The second-order valence-electron chi connectivity index (χ2n) is 7.18. The number of thiol groups is 1.